The first-order chi connectivity index (χ1) is 9.66. The Balaban J connectivity index is 2.02. The van der Waals surface area contributed by atoms with Gasteiger partial charge >= 0.3 is 0 Å². The number of para-hydroxylation sites is 1. The maximum Gasteiger partial charge on any atom is 0.261 e. The molecule has 0 N–H and O–H groups in total. The molecule has 1 heterocycles. The molecule has 0 spiro atoms. The number of hydrogen-bond acceptors (Lipinski definition) is 1. The number of aryl methyl sites for hydroxylation is 2. The first kappa shape index (κ1) is 12.9. The molecule has 102 valence electrons. The Morgan fingerprint density at radius 2 is 2.00 bits per heavy atom. The van der Waals surface area contributed by atoms with Crippen molar-refractivity contribution in [1.29, 1.82) is 0 Å². The molecule has 0 saturated heterocycles. The Kier molecular flexibility index (Phi) is 3.26. The van der Waals surface area contributed by atoms with Crippen molar-refractivity contribution in [2.24, 2.45) is 0 Å². The largest absolute Gasteiger partial charge is 0.308 e. The van der Waals surface area contributed by atoms with Crippen LogP contribution in [-0.4, -0.2) is 12.5 Å². The average molecular weight is 269 g/mol. The van der Waals surface area contributed by atoms with Gasteiger partial charge < -0.3 is 4.90 Å². The monoisotopic (exact) mass is 269 g/mol. The Labute approximate surface area is 117 Å². The molecule has 0 radical (unpaired) electrons. The summed E-state index contributed by atoms with van der Waals surface area (Å²) in [6.07, 6.45) is 1.88. The number of rotatable bonds is 1. The lowest BCUT2D eigenvalue weighted by molar-refractivity contribution is 0.0981. The second kappa shape index (κ2) is 5.08. The highest BCUT2D eigenvalue weighted by molar-refractivity contribution is 6.07. The minimum Gasteiger partial charge on any atom is -0.308 e. The van der Waals surface area contributed by atoms with Crippen LogP contribution in [0.15, 0.2) is 42.5 Å². The van der Waals surface area contributed by atoms with Gasteiger partial charge in [-0.15, -0.1) is 0 Å². The third-order valence-corrected chi connectivity index (χ3v) is 3.71. The third-order valence-electron chi connectivity index (χ3n) is 3.71. The van der Waals surface area contributed by atoms with Gasteiger partial charge in [0.25, 0.3) is 5.91 Å². The molecule has 1 aliphatic rings. The van der Waals surface area contributed by atoms with Crippen LogP contribution in [0, 0.1) is 12.7 Å². The van der Waals surface area contributed by atoms with Crippen LogP contribution in [0.3, 0.4) is 0 Å². The quantitative estimate of drug-likeness (QED) is 0.772. The van der Waals surface area contributed by atoms with Crippen molar-refractivity contribution in [2.75, 3.05) is 11.4 Å². The molecule has 0 bridgehead atoms. The van der Waals surface area contributed by atoms with Gasteiger partial charge in [-0.25, -0.2) is 4.39 Å². The Bertz CT molecular complexity index is 666. The SMILES string of the molecule is Cc1ccc(F)c(C(=O)N2CCCc3ccccc32)c1. The van der Waals surface area contributed by atoms with E-state index in [4.69, 9.17) is 0 Å². The molecular weight excluding hydrogens is 253 g/mol. The van der Waals surface area contributed by atoms with Crippen LogP contribution in [0.1, 0.15) is 27.9 Å². The van der Waals surface area contributed by atoms with Crippen molar-refractivity contribution >= 4 is 11.6 Å². The van der Waals surface area contributed by atoms with E-state index in [-0.39, 0.29) is 11.5 Å². The summed E-state index contributed by atoms with van der Waals surface area (Å²) in [5.41, 5.74) is 3.10. The van der Waals surface area contributed by atoms with Gasteiger partial charge in [-0.3, -0.25) is 4.79 Å². The fourth-order valence-corrected chi connectivity index (χ4v) is 2.69. The maximum atomic E-state index is 13.9. The lowest BCUT2D eigenvalue weighted by atomic mass is 10.0. The Morgan fingerprint density at radius 3 is 2.85 bits per heavy atom. The molecule has 2 aromatic carbocycles. The van der Waals surface area contributed by atoms with Crippen molar-refractivity contribution in [2.45, 2.75) is 19.8 Å². The second-order valence-electron chi connectivity index (χ2n) is 5.17. The maximum absolute atomic E-state index is 13.9. The van der Waals surface area contributed by atoms with Crippen LogP contribution in [0.25, 0.3) is 0 Å². The highest BCUT2D eigenvalue weighted by atomic mass is 19.1. The fraction of sp³-hybridized carbons (Fsp3) is 0.235. The Hall–Kier alpha value is -2.16. The number of anilines is 1. The van der Waals surface area contributed by atoms with Crippen LogP contribution >= 0.6 is 0 Å². The molecule has 2 aromatic rings. The van der Waals surface area contributed by atoms with E-state index in [0.717, 1.165) is 29.7 Å². The van der Waals surface area contributed by atoms with Crippen molar-refractivity contribution in [3.8, 4) is 0 Å². The van der Waals surface area contributed by atoms with Gasteiger partial charge in [-0.1, -0.05) is 29.8 Å². The number of fused-ring (bicyclic) bond motifs is 1. The van der Waals surface area contributed by atoms with Crippen LogP contribution < -0.4 is 4.90 Å². The molecule has 0 unspecified atom stereocenters. The van der Waals surface area contributed by atoms with Crippen LogP contribution in [0.4, 0.5) is 10.1 Å². The van der Waals surface area contributed by atoms with Crippen LogP contribution in [0.2, 0.25) is 0 Å². The number of carbonyl (C=O) groups excluding carboxylic acids is 1. The van der Waals surface area contributed by atoms with Crippen LogP contribution in [-0.2, 0) is 6.42 Å². The first-order valence-corrected chi connectivity index (χ1v) is 6.83. The van der Waals surface area contributed by atoms with Crippen molar-refractivity contribution in [1.82, 2.24) is 0 Å². The molecule has 0 aromatic heterocycles. The summed E-state index contributed by atoms with van der Waals surface area (Å²) in [6, 6.07) is 12.5. The minimum absolute atomic E-state index is 0.154. The molecule has 0 aliphatic carbocycles. The highest BCUT2D eigenvalue weighted by Gasteiger charge is 2.25. The number of benzene rings is 2. The predicted octanol–water partition coefficient (Wildman–Crippen LogP) is 3.73. The fourth-order valence-electron chi connectivity index (χ4n) is 2.69. The van der Waals surface area contributed by atoms with E-state index in [1.165, 1.54) is 6.07 Å². The average Bonchev–Trinajstić information content (AvgIpc) is 2.48. The van der Waals surface area contributed by atoms with E-state index in [1.807, 2.05) is 31.2 Å². The number of halogens is 1. The van der Waals surface area contributed by atoms with Gasteiger partial charge in [-0.2, -0.15) is 0 Å². The number of nitrogens with zero attached hydrogens (tertiary/aromatic N) is 1. The van der Waals surface area contributed by atoms with Crippen molar-refractivity contribution in [3.63, 3.8) is 0 Å². The van der Waals surface area contributed by atoms with Gasteiger partial charge in [0.05, 0.1) is 5.56 Å². The van der Waals surface area contributed by atoms with Gasteiger partial charge in [0, 0.05) is 12.2 Å². The molecule has 1 aliphatic heterocycles. The molecule has 20 heavy (non-hydrogen) atoms. The van der Waals surface area contributed by atoms with Gasteiger partial charge in [0.15, 0.2) is 0 Å². The standard InChI is InChI=1S/C17H16FNO/c1-12-8-9-15(18)14(11-12)17(20)19-10-4-6-13-5-2-3-7-16(13)19/h2-3,5,7-9,11H,4,6,10H2,1H3. The summed E-state index contributed by atoms with van der Waals surface area (Å²) >= 11 is 0. The number of hydrogen-bond donors (Lipinski definition) is 0. The van der Waals surface area contributed by atoms with E-state index in [1.54, 1.807) is 17.0 Å². The molecule has 2 nitrogen and oxygen atoms in total. The zero-order valence-corrected chi connectivity index (χ0v) is 11.4. The third kappa shape index (κ3) is 2.20. The van der Waals surface area contributed by atoms with E-state index < -0.39 is 5.82 Å². The lowest BCUT2D eigenvalue weighted by Gasteiger charge is -2.29. The smallest absolute Gasteiger partial charge is 0.261 e. The molecule has 0 saturated carbocycles. The Morgan fingerprint density at radius 1 is 1.20 bits per heavy atom. The van der Waals surface area contributed by atoms with Gasteiger partial charge in [0.2, 0.25) is 0 Å². The molecule has 0 atom stereocenters. The van der Waals surface area contributed by atoms with E-state index >= 15 is 0 Å². The van der Waals surface area contributed by atoms with E-state index in [2.05, 4.69) is 0 Å². The summed E-state index contributed by atoms with van der Waals surface area (Å²) < 4.78 is 13.9. The molecular formula is C17H16FNO. The van der Waals surface area contributed by atoms with Crippen molar-refractivity contribution < 1.29 is 9.18 Å². The highest BCUT2D eigenvalue weighted by Crippen LogP contribution is 2.28. The number of amides is 1. The van der Waals surface area contributed by atoms with Crippen molar-refractivity contribution in [3.05, 3.63) is 65.0 Å². The van der Waals surface area contributed by atoms with E-state index in [0.29, 0.717) is 6.54 Å². The zero-order chi connectivity index (χ0) is 14.1. The minimum atomic E-state index is -0.455. The first-order valence-electron chi connectivity index (χ1n) is 6.83. The summed E-state index contributed by atoms with van der Waals surface area (Å²) in [5, 5.41) is 0. The summed E-state index contributed by atoms with van der Waals surface area (Å²) in [5.74, 6) is -0.706. The van der Waals surface area contributed by atoms with Gasteiger partial charge in [0.1, 0.15) is 5.82 Å². The normalized spacial score (nSPS) is 14.0. The second-order valence-corrected chi connectivity index (χ2v) is 5.17. The van der Waals surface area contributed by atoms with Crippen LogP contribution in [0.5, 0.6) is 0 Å². The zero-order valence-electron chi connectivity index (χ0n) is 11.4. The molecule has 3 rings (SSSR count). The topological polar surface area (TPSA) is 20.3 Å². The number of carbonyl (C=O) groups is 1. The summed E-state index contributed by atoms with van der Waals surface area (Å²) in [6.45, 7) is 2.50. The predicted molar refractivity (Wildman–Crippen MR) is 77.6 cm³/mol. The van der Waals surface area contributed by atoms with E-state index in [9.17, 15) is 9.18 Å². The summed E-state index contributed by atoms with van der Waals surface area (Å²) in [7, 11) is 0. The van der Waals surface area contributed by atoms with Gasteiger partial charge in [-0.05, 0) is 43.5 Å². The molecule has 0 fully saturated rings. The lowest BCUT2D eigenvalue weighted by Crippen LogP contribution is -2.36. The molecule has 1 amide bonds. The molecule has 3 heteroatoms. The summed E-state index contributed by atoms with van der Waals surface area (Å²) in [4.78, 5) is 14.3.